The lowest BCUT2D eigenvalue weighted by Gasteiger charge is -2.17. The summed E-state index contributed by atoms with van der Waals surface area (Å²) in [6.45, 7) is 1.79. The van der Waals surface area contributed by atoms with Crippen molar-refractivity contribution in [2.75, 3.05) is 18.5 Å². The minimum absolute atomic E-state index is 0.0408. The van der Waals surface area contributed by atoms with Crippen molar-refractivity contribution in [2.45, 2.75) is 25.4 Å². The smallest absolute Gasteiger partial charge is 0.313 e. The van der Waals surface area contributed by atoms with Gasteiger partial charge in [-0.2, -0.15) is 0 Å². The number of aromatic nitrogens is 4. The van der Waals surface area contributed by atoms with Crippen molar-refractivity contribution in [2.24, 2.45) is 13.0 Å². The average molecular weight is 373 g/mol. The highest BCUT2D eigenvalue weighted by molar-refractivity contribution is 7.88. The average Bonchev–Trinajstić information content (AvgIpc) is 2.93. The lowest BCUT2D eigenvalue weighted by Crippen LogP contribution is -2.46. The van der Waals surface area contributed by atoms with Crippen LogP contribution in [0.1, 0.15) is 13.2 Å². The number of imidazole rings is 1. The standard InChI is InChI=1S/C13H20N6O5S/c1-6-7(4-15-25(3,22)23)9(20)12(24-6)19-5-18(2)8-10(19)16-13(14)17-11(8)21/h5-7,9,12,15,20H,4H2,1-3H3,(H2-,14,16,17,21)/p+1/t6-,7-,9-,12-/m1/s1. The monoisotopic (exact) mass is 373 g/mol. The molecule has 138 valence electrons. The lowest BCUT2D eigenvalue weighted by molar-refractivity contribution is -0.745. The van der Waals surface area contributed by atoms with E-state index >= 15 is 0 Å². The number of rotatable bonds is 4. The number of nitrogens with two attached hydrogens (primary N) is 1. The number of nitrogens with zero attached hydrogens (tertiary/aromatic N) is 3. The van der Waals surface area contributed by atoms with Crippen LogP contribution in [0.5, 0.6) is 0 Å². The van der Waals surface area contributed by atoms with E-state index in [-0.39, 0.29) is 23.7 Å². The van der Waals surface area contributed by atoms with E-state index in [4.69, 9.17) is 10.5 Å². The predicted molar refractivity (Wildman–Crippen MR) is 87.9 cm³/mol. The highest BCUT2D eigenvalue weighted by atomic mass is 32.2. The Morgan fingerprint density at radius 3 is 2.88 bits per heavy atom. The number of aliphatic hydroxyl groups is 1. The highest BCUT2D eigenvalue weighted by Crippen LogP contribution is 2.31. The zero-order chi connectivity index (χ0) is 18.5. The van der Waals surface area contributed by atoms with Crippen LogP contribution < -0.4 is 20.6 Å². The molecule has 5 N–H and O–H groups in total. The molecular weight excluding hydrogens is 352 g/mol. The molecule has 0 aromatic carbocycles. The van der Waals surface area contributed by atoms with E-state index in [1.54, 1.807) is 24.9 Å². The number of aryl methyl sites for hydroxylation is 1. The van der Waals surface area contributed by atoms with Crippen molar-refractivity contribution in [3.63, 3.8) is 0 Å². The molecule has 0 spiro atoms. The number of aliphatic hydroxyl groups excluding tert-OH is 1. The molecule has 4 atom stereocenters. The molecule has 0 bridgehead atoms. The summed E-state index contributed by atoms with van der Waals surface area (Å²) >= 11 is 0. The van der Waals surface area contributed by atoms with Gasteiger partial charge >= 0.3 is 5.65 Å². The van der Waals surface area contributed by atoms with Crippen LogP contribution in [-0.4, -0.2) is 53.1 Å². The summed E-state index contributed by atoms with van der Waals surface area (Å²) in [5.74, 6) is -0.505. The number of sulfonamides is 1. The molecule has 0 saturated carbocycles. The lowest BCUT2D eigenvalue weighted by atomic mass is 9.99. The van der Waals surface area contributed by atoms with E-state index in [0.717, 1.165) is 6.26 Å². The minimum atomic E-state index is -3.38. The van der Waals surface area contributed by atoms with Crippen LogP contribution in [0.4, 0.5) is 5.95 Å². The Morgan fingerprint density at radius 2 is 2.24 bits per heavy atom. The fourth-order valence-corrected chi connectivity index (χ4v) is 3.61. The quantitative estimate of drug-likeness (QED) is 0.434. The molecular formula is C13H21N6O5S+. The SMILES string of the molecule is C[C@H]1O[C@@H]([n+]2cn(C)c3c(=O)[nH]c(N)nc32)[C@H](O)[C@@H]1CNS(C)(=O)=O. The molecule has 3 heterocycles. The normalized spacial score (nSPS) is 27.2. The van der Waals surface area contributed by atoms with Gasteiger partial charge in [0.1, 0.15) is 6.10 Å². The fourth-order valence-electron chi connectivity index (χ4n) is 3.11. The van der Waals surface area contributed by atoms with Crippen LogP contribution in [0.15, 0.2) is 11.1 Å². The number of nitrogen functional groups attached to an aromatic ring is 1. The van der Waals surface area contributed by atoms with Crippen molar-refractivity contribution in [1.82, 2.24) is 19.3 Å². The Hall–Kier alpha value is -2.02. The van der Waals surface area contributed by atoms with Gasteiger partial charge in [-0.15, -0.1) is 0 Å². The zero-order valence-corrected chi connectivity index (χ0v) is 14.8. The fraction of sp³-hybridized carbons (Fsp3) is 0.615. The first-order valence-corrected chi connectivity index (χ1v) is 9.51. The largest absolute Gasteiger partial charge is 0.386 e. The summed E-state index contributed by atoms with van der Waals surface area (Å²) in [6.07, 6.45) is 0.409. The van der Waals surface area contributed by atoms with Crippen LogP contribution in [0.25, 0.3) is 11.2 Å². The van der Waals surface area contributed by atoms with Crippen LogP contribution in [0, 0.1) is 5.92 Å². The number of ether oxygens (including phenoxy) is 1. The van der Waals surface area contributed by atoms with Crippen molar-refractivity contribution in [3.05, 3.63) is 16.7 Å². The van der Waals surface area contributed by atoms with Gasteiger partial charge in [-0.05, 0) is 6.92 Å². The van der Waals surface area contributed by atoms with Crippen LogP contribution in [-0.2, 0) is 21.8 Å². The molecule has 1 aliphatic rings. The third kappa shape index (κ3) is 3.25. The molecule has 2 aromatic heterocycles. The van der Waals surface area contributed by atoms with Gasteiger partial charge in [-0.1, -0.05) is 4.98 Å². The first kappa shape index (κ1) is 17.8. The molecule has 1 saturated heterocycles. The van der Waals surface area contributed by atoms with Gasteiger partial charge in [0.2, 0.25) is 21.8 Å². The number of nitrogens with one attached hydrogen (secondary N) is 2. The van der Waals surface area contributed by atoms with Crippen molar-refractivity contribution < 1.29 is 22.8 Å². The van der Waals surface area contributed by atoms with Crippen LogP contribution in [0.2, 0.25) is 0 Å². The number of anilines is 1. The van der Waals surface area contributed by atoms with Gasteiger partial charge in [0.25, 0.3) is 11.5 Å². The van der Waals surface area contributed by atoms with Crippen molar-refractivity contribution in [1.29, 1.82) is 0 Å². The van der Waals surface area contributed by atoms with Gasteiger partial charge in [0.05, 0.1) is 19.4 Å². The van der Waals surface area contributed by atoms with Crippen molar-refractivity contribution in [3.8, 4) is 0 Å². The maximum absolute atomic E-state index is 12.1. The third-order valence-electron chi connectivity index (χ3n) is 4.33. The molecule has 1 fully saturated rings. The Kier molecular flexibility index (Phi) is 4.31. The van der Waals surface area contributed by atoms with E-state index in [2.05, 4.69) is 14.7 Å². The molecule has 0 aliphatic carbocycles. The summed E-state index contributed by atoms with van der Waals surface area (Å²) in [5.41, 5.74) is 5.78. The molecule has 2 aromatic rings. The molecule has 3 rings (SSSR count). The van der Waals surface area contributed by atoms with Gasteiger partial charge in [-0.25, -0.2) is 17.7 Å². The number of H-pyrrole nitrogens is 1. The Morgan fingerprint density at radius 1 is 1.56 bits per heavy atom. The third-order valence-corrected chi connectivity index (χ3v) is 5.02. The number of fused-ring (bicyclic) bond motifs is 1. The van der Waals surface area contributed by atoms with Crippen LogP contribution in [0.3, 0.4) is 0 Å². The highest BCUT2D eigenvalue weighted by Gasteiger charge is 2.45. The number of aromatic amines is 1. The summed E-state index contributed by atoms with van der Waals surface area (Å²) in [4.78, 5) is 18.6. The van der Waals surface area contributed by atoms with E-state index in [1.807, 2.05) is 0 Å². The Labute approximate surface area is 143 Å². The Bertz CT molecular complexity index is 967. The zero-order valence-electron chi connectivity index (χ0n) is 14.0. The van der Waals surface area contributed by atoms with Crippen molar-refractivity contribution >= 4 is 27.1 Å². The van der Waals surface area contributed by atoms with E-state index in [1.165, 1.54) is 4.57 Å². The summed E-state index contributed by atoms with van der Waals surface area (Å²) in [5, 5.41) is 10.6. The topological polar surface area (TPSA) is 156 Å². The van der Waals surface area contributed by atoms with E-state index in [9.17, 15) is 18.3 Å². The molecule has 0 amide bonds. The van der Waals surface area contributed by atoms with Gasteiger partial charge in [0.15, 0.2) is 6.33 Å². The number of hydrogen-bond acceptors (Lipinski definition) is 7. The summed E-state index contributed by atoms with van der Waals surface area (Å²) in [6, 6.07) is 0. The van der Waals surface area contributed by atoms with Gasteiger partial charge < -0.3 is 15.6 Å². The molecule has 0 radical (unpaired) electrons. The second-order valence-corrected chi connectivity index (χ2v) is 8.10. The first-order valence-electron chi connectivity index (χ1n) is 7.62. The molecule has 1 aliphatic heterocycles. The predicted octanol–water partition coefficient (Wildman–Crippen LogP) is -2.43. The van der Waals surface area contributed by atoms with Gasteiger partial charge in [-0.3, -0.25) is 14.3 Å². The Balaban J connectivity index is 1.98. The second-order valence-electron chi connectivity index (χ2n) is 6.26. The first-order chi connectivity index (χ1) is 11.6. The molecule has 11 nitrogen and oxygen atoms in total. The molecule has 25 heavy (non-hydrogen) atoms. The summed E-state index contributed by atoms with van der Waals surface area (Å²) in [7, 11) is -1.72. The number of hydrogen-bond donors (Lipinski definition) is 4. The van der Waals surface area contributed by atoms with Crippen LogP contribution >= 0.6 is 0 Å². The van der Waals surface area contributed by atoms with E-state index in [0.29, 0.717) is 0 Å². The summed E-state index contributed by atoms with van der Waals surface area (Å²) < 4.78 is 33.9. The molecule has 0 unspecified atom stereocenters. The van der Waals surface area contributed by atoms with E-state index < -0.39 is 39.9 Å². The van der Waals surface area contributed by atoms with Gasteiger partial charge in [0, 0.05) is 12.5 Å². The second kappa shape index (κ2) is 6.05. The minimum Gasteiger partial charge on any atom is -0.386 e. The molecule has 12 heteroatoms. The maximum atomic E-state index is 12.1. The maximum Gasteiger partial charge on any atom is 0.313 e.